The number of thioether (sulfide) groups is 1. The van der Waals surface area contributed by atoms with Crippen molar-refractivity contribution in [2.24, 2.45) is 0 Å². The molecule has 1 aromatic heterocycles. The van der Waals surface area contributed by atoms with E-state index >= 15 is 0 Å². The van der Waals surface area contributed by atoms with Gasteiger partial charge in [-0.2, -0.15) is 0 Å². The number of aryl methyl sites for hydroxylation is 1. The number of thiophene rings is 1. The number of hydrogen-bond acceptors (Lipinski definition) is 4. The third-order valence-corrected chi connectivity index (χ3v) is 6.62. The molecule has 0 unspecified atom stereocenters. The van der Waals surface area contributed by atoms with E-state index in [0.29, 0.717) is 19.9 Å². The van der Waals surface area contributed by atoms with Gasteiger partial charge in [-0.05, 0) is 64.1 Å². The molecule has 0 radical (unpaired) electrons. The molecule has 0 aliphatic carbocycles. The third-order valence-electron chi connectivity index (χ3n) is 3.12. The predicted molar refractivity (Wildman–Crippen MR) is 104 cm³/mol. The number of amides is 1. The fourth-order valence-electron chi connectivity index (χ4n) is 1.97. The molecular weight excluding hydrogens is 422 g/mol. The van der Waals surface area contributed by atoms with E-state index in [4.69, 9.17) is 23.8 Å². The molecule has 1 aromatic carbocycles. The quantitative estimate of drug-likeness (QED) is 0.438. The summed E-state index contributed by atoms with van der Waals surface area (Å²) in [6.07, 6.45) is 1.90. The van der Waals surface area contributed by atoms with E-state index in [9.17, 15) is 4.79 Å². The summed E-state index contributed by atoms with van der Waals surface area (Å²) in [4.78, 5) is 15.9. The van der Waals surface area contributed by atoms with Crippen LogP contribution in [0.1, 0.15) is 10.4 Å². The summed E-state index contributed by atoms with van der Waals surface area (Å²) >= 11 is 17.7. The van der Waals surface area contributed by atoms with Crippen molar-refractivity contribution in [3.8, 4) is 0 Å². The molecule has 1 amide bonds. The predicted octanol–water partition coefficient (Wildman–Crippen LogP) is 5.88. The summed E-state index contributed by atoms with van der Waals surface area (Å²) in [5.41, 5.74) is 1.84. The SMILES string of the molecule is Cc1ccsc1/C=C1/SC(=S)N(c2ccc(Br)c(Cl)c2)C1=O. The Balaban J connectivity index is 1.96. The Kier molecular flexibility index (Phi) is 4.75. The summed E-state index contributed by atoms with van der Waals surface area (Å²) in [6.45, 7) is 2.03. The lowest BCUT2D eigenvalue weighted by Gasteiger charge is -2.15. The summed E-state index contributed by atoms with van der Waals surface area (Å²) in [6, 6.07) is 7.39. The first-order chi connectivity index (χ1) is 10.5. The number of rotatable bonds is 2. The van der Waals surface area contributed by atoms with E-state index in [1.165, 1.54) is 16.7 Å². The summed E-state index contributed by atoms with van der Waals surface area (Å²) in [5.74, 6) is -0.110. The lowest BCUT2D eigenvalue weighted by Crippen LogP contribution is -2.27. The number of halogens is 2. The highest BCUT2D eigenvalue weighted by Gasteiger charge is 2.33. The van der Waals surface area contributed by atoms with Gasteiger partial charge in [0.05, 0.1) is 15.6 Å². The average Bonchev–Trinajstić information content (AvgIpc) is 2.99. The second-order valence-electron chi connectivity index (χ2n) is 4.58. The van der Waals surface area contributed by atoms with Crippen molar-refractivity contribution in [2.75, 3.05) is 4.90 Å². The van der Waals surface area contributed by atoms with Gasteiger partial charge in [0.15, 0.2) is 4.32 Å². The number of carbonyl (C=O) groups excluding carboxylic acids is 1. The van der Waals surface area contributed by atoms with Crippen LogP contribution in [0.4, 0.5) is 5.69 Å². The van der Waals surface area contributed by atoms with Gasteiger partial charge in [-0.1, -0.05) is 35.6 Å². The van der Waals surface area contributed by atoms with E-state index in [1.807, 2.05) is 36.6 Å². The minimum absolute atomic E-state index is 0.110. The second-order valence-corrected chi connectivity index (χ2v) is 8.47. The van der Waals surface area contributed by atoms with Gasteiger partial charge >= 0.3 is 0 Å². The lowest BCUT2D eigenvalue weighted by molar-refractivity contribution is -0.113. The van der Waals surface area contributed by atoms with Crippen LogP contribution in [0.3, 0.4) is 0 Å². The zero-order chi connectivity index (χ0) is 15.9. The Morgan fingerprint density at radius 1 is 1.36 bits per heavy atom. The van der Waals surface area contributed by atoms with Crippen LogP contribution < -0.4 is 4.90 Å². The number of hydrogen-bond donors (Lipinski definition) is 0. The second kappa shape index (κ2) is 6.45. The van der Waals surface area contributed by atoms with E-state index in [2.05, 4.69) is 15.9 Å². The monoisotopic (exact) mass is 429 g/mol. The van der Waals surface area contributed by atoms with Gasteiger partial charge in [-0.3, -0.25) is 9.69 Å². The Bertz CT molecular complexity index is 815. The molecule has 1 aliphatic rings. The zero-order valence-electron chi connectivity index (χ0n) is 11.3. The number of benzene rings is 1. The summed E-state index contributed by atoms with van der Waals surface area (Å²) < 4.78 is 1.30. The highest BCUT2D eigenvalue weighted by molar-refractivity contribution is 9.10. The summed E-state index contributed by atoms with van der Waals surface area (Å²) in [7, 11) is 0. The molecule has 0 bridgehead atoms. The molecule has 0 saturated carbocycles. The van der Waals surface area contributed by atoms with Gasteiger partial charge < -0.3 is 0 Å². The van der Waals surface area contributed by atoms with E-state index in [-0.39, 0.29) is 5.91 Å². The molecule has 0 spiro atoms. The Morgan fingerprint density at radius 2 is 2.14 bits per heavy atom. The molecule has 112 valence electrons. The topological polar surface area (TPSA) is 20.3 Å². The molecule has 7 heteroatoms. The third kappa shape index (κ3) is 3.03. The Hall–Kier alpha value is -0.660. The van der Waals surface area contributed by atoms with Gasteiger partial charge in [0.25, 0.3) is 5.91 Å². The standard InChI is InChI=1S/C15H9BrClNOS3/c1-8-4-5-21-12(8)7-13-14(19)18(15(20)22-13)9-2-3-10(16)11(17)6-9/h2-7H,1H3/b13-7+. The van der Waals surface area contributed by atoms with Crippen molar-refractivity contribution in [3.63, 3.8) is 0 Å². The van der Waals surface area contributed by atoms with Crippen LogP contribution in [0, 0.1) is 6.92 Å². The number of carbonyl (C=O) groups is 1. The molecule has 22 heavy (non-hydrogen) atoms. The van der Waals surface area contributed by atoms with Gasteiger partial charge in [0.2, 0.25) is 0 Å². The van der Waals surface area contributed by atoms with Crippen molar-refractivity contribution >= 4 is 84.8 Å². The maximum absolute atomic E-state index is 12.6. The molecule has 2 nitrogen and oxygen atoms in total. The van der Waals surface area contributed by atoms with E-state index in [1.54, 1.807) is 17.4 Å². The van der Waals surface area contributed by atoms with E-state index in [0.717, 1.165) is 14.9 Å². The number of nitrogens with zero attached hydrogens (tertiary/aromatic N) is 1. The van der Waals surface area contributed by atoms with Crippen LogP contribution >= 0.6 is 62.8 Å². The highest BCUT2D eigenvalue weighted by Crippen LogP contribution is 2.38. The fraction of sp³-hybridized carbons (Fsp3) is 0.0667. The Morgan fingerprint density at radius 3 is 2.77 bits per heavy atom. The normalized spacial score (nSPS) is 16.9. The first-order valence-electron chi connectivity index (χ1n) is 6.24. The van der Waals surface area contributed by atoms with Gasteiger partial charge in [0.1, 0.15) is 0 Å². The first kappa shape index (κ1) is 16.2. The fourth-order valence-corrected chi connectivity index (χ4v) is 4.60. The van der Waals surface area contributed by atoms with Crippen LogP contribution in [-0.4, -0.2) is 10.2 Å². The molecular formula is C15H9BrClNOS3. The molecule has 1 fully saturated rings. The van der Waals surface area contributed by atoms with Crippen molar-refractivity contribution < 1.29 is 4.79 Å². The first-order valence-corrected chi connectivity index (χ1v) is 9.52. The lowest BCUT2D eigenvalue weighted by atomic mass is 10.2. The molecule has 3 rings (SSSR count). The molecule has 1 saturated heterocycles. The smallest absolute Gasteiger partial charge is 0.268 e. The van der Waals surface area contributed by atoms with Crippen LogP contribution in [0.5, 0.6) is 0 Å². The van der Waals surface area contributed by atoms with Crippen molar-refractivity contribution in [3.05, 3.63) is 54.5 Å². The number of thiocarbonyl (C=S) groups is 1. The van der Waals surface area contributed by atoms with Crippen LogP contribution in [0.2, 0.25) is 5.02 Å². The van der Waals surface area contributed by atoms with Crippen LogP contribution in [0.15, 0.2) is 39.0 Å². The number of anilines is 1. The maximum atomic E-state index is 12.6. The Labute approximate surface area is 155 Å². The van der Waals surface area contributed by atoms with Crippen LogP contribution in [-0.2, 0) is 4.79 Å². The van der Waals surface area contributed by atoms with Gasteiger partial charge in [-0.15, -0.1) is 11.3 Å². The van der Waals surface area contributed by atoms with Crippen molar-refractivity contribution in [1.29, 1.82) is 0 Å². The molecule has 2 aromatic rings. The largest absolute Gasteiger partial charge is 0.270 e. The van der Waals surface area contributed by atoms with Crippen LogP contribution in [0.25, 0.3) is 6.08 Å². The highest BCUT2D eigenvalue weighted by atomic mass is 79.9. The van der Waals surface area contributed by atoms with Gasteiger partial charge in [0, 0.05) is 9.35 Å². The molecule has 1 aliphatic heterocycles. The van der Waals surface area contributed by atoms with Gasteiger partial charge in [-0.25, -0.2) is 0 Å². The minimum Gasteiger partial charge on any atom is -0.268 e. The van der Waals surface area contributed by atoms with E-state index < -0.39 is 0 Å². The minimum atomic E-state index is -0.110. The van der Waals surface area contributed by atoms with Crippen molar-refractivity contribution in [1.82, 2.24) is 0 Å². The molecule has 2 heterocycles. The van der Waals surface area contributed by atoms with Crippen molar-refractivity contribution in [2.45, 2.75) is 6.92 Å². The maximum Gasteiger partial charge on any atom is 0.270 e. The summed E-state index contributed by atoms with van der Waals surface area (Å²) in [5, 5.41) is 2.56. The molecule has 0 atom stereocenters. The zero-order valence-corrected chi connectivity index (χ0v) is 16.1. The molecule has 0 N–H and O–H groups in total. The average molecular weight is 431 g/mol.